The van der Waals surface area contributed by atoms with E-state index in [0.29, 0.717) is 11.4 Å². The molecule has 0 spiro atoms. The molecule has 0 fully saturated rings. The fourth-order valence-corrected chi connectivity index (χ4v) is 2.22. The Hall–Kier alpha value is -0.0400. The van der Waals surface area contributed by atoms with Crippen LogP contribution in [0.1, 0.15) is 11.1 Å². The van der Waals surface area contributed by atoms with Crippen LogP contribution in [0.25, 0.3) is 0 Å². The van der Waals surface area contributed by atoms with Crippen molar-refractivity contribution >= 4 is 43.5 Å². The number of hydrogen-bond donors (Lipinski definition) is 0. The topological polar surface area (TPSA) is 23.8 Å². The van der Waals surface area contributed by atoms with Crippen molar-refractivity contribution in [3.63, 3.8) is 0 Å². The molecule has 0 radical (unpaired) electrons. The molecule has 0 heterocycles. The lowest BCUT2D eigenvalue weighted by atomic mass is 10.1. The highest BCUT2D eigenvalue weighted by Crippen LogP contribution is 2.28. The fourth-order valence-electron chi connectivity index (χ4n) is 0.845. The number of nitriles is 1. The van der Waals surface area contributed by atoms with Crippen molar-refractivity contribution in [2.24, 2.45) is 0 Å². The zero-order valence-corrected chi connectivity index (χ0v) is 9.87. The third kappa shape index (κ3) is 1.82. The molecule has 0 aromatic heterocycles. The molecular weight excluding hydrogens is 305 g/mol. The second-order valence-corrected chi connectivity index (χ2v) is 4.10. The molecule has 0 saturated carbocycles. The Morgan fingerprint density at radius 1 is 1.33 bits per heavy atom. The van der Waals surface area contributed by atoms with Crippen molar-refractivity contribution in [2.75, 3.05) is 0 Å². The monoisotopic (exact) mass is 307 g/mol. The van der Waals surface area contributed by atoms with Gasteiger partial charge in [0.2, 0.25) is 0 Å². The first-order valence-corrected chi connectivity index (χ1v) is 5.25. The van der Waals surface area contributed by atoms with Gasteiger partial charge in [-0.2, -0.15) is 5.26 Å². The van der Waals surface area contributed by atoms with Gasteiger partial charge in [-0.15, -0.1) is 11.6 Å². The van der Waals surface area contributed by atoms with Gasteiger partial charge in [-0.3, -0.25) is 0 Å². The van der Waals surface area contributed by atoms with Gasteiger partial charge in [0.1, 0.15) is 6.07 Å². The first-order valence-electron chi connectivity index (χ1n) is 3.13. The van der Waals surface area contributed by atoms with E-state index in [0.717, 1.165) is 14.5 Å². The summed E-state index contributed by atoms with van der Waals surface area (Å²) >= 11 is 12.3. The van der Waals surface area contributed by atoms with Gasteiger partial charge in [-0.1, -0.05) is 15.9 Å². The molecule has 1 nitrogen and oxygen atoms in total. The van der Waals surface area contributed by atoms with Crippen molar-refractivity contribution in [3.8, 4) is 6.07 Å². The predicted octanol–water partition coefficient (Wildman–Crippen LogP) is 3.82. The Balaban J connectivity index is 3.41. The Bertz CT molecular complexity index is 344. The summed E-state index contributed by atoms with van der Waals surface area (Å²) in [6.07, 6.45) is 0. The van der Waals surface area contributed by atoms with Gasteiger partial charge in [0.15, 0.2) is 0 Å². The molecule has 62 valence electrons. The third-order valence-corrected chi connectivity index (χ3v) is 3.12. The van der Waals surface area contributed by atoms with Gasteiger partial charge in [0, 0.05) is 14.8 Å². The van der Waals surface area contributed by atoms with Gasteiger partial charge in [0.05, 0.1) is 5.56 Å². The Kier molecular flexibility index (Phi) is 3.57. The zero-order valence-electron chi connectivity index (χ0n) is 5.94. The molecule has 0 bridgehead atoms. The lowest BCUT2D eigenvalue weighted by molar-refractivity contribution is 1.31. The van der Waals surface area contributed by atoms with Gasteiger partial charge in [-0.05, 0) is 33.6 Å². The van der Waals surface area contributed by atoms with Crippen LogP contribution in [0.15, 0.2) is 21.1 Å². The number of hydrogen-bond acceptors (Lipinski definition) is 1. The van der Waals surface area contributed by atoms with E-state index in [4.69, 9.17) is 16.9 Å². The molecule has 1 rings (SSSR count). The van der Waals surface area contributed by atoms with Crippen LogP contribution < -0.4 is 0 Å². The molecular formula is C8H4Br2ClN. The SMILES string of the molecule is N#Cc1c(Br)ccc(Br)c1CCl. The highest BCUT2D eigenvalue weighted by atomic mass is 79.9. The van der Waals surface area contributed by atoms with E-state index in [1.807, 2.05) is 12.1 Å². The highest BCUT2D eigenvalue weighted by Gasteiger charge is 2.08. The minimum absolute atomic E-state index is 0.336. The van der Waals surface area contributed by atoms with Crippen molar-refractivity contribution in [1.29, 1.82) is 5.26 Å². The van der Waals surface area contributed by atoms with Crippen LogP contribution in [0.5, 0.6) is 0 Å². The summed E-state index contributed by atoms with van der Waals surface area (Å²) in [4.78, 5) is 0. The van der Waals surface area contributed by atoms with Crippen LogP contribution in [-0.4, -0.2) is 0 Å². The van der Waals surface area contributed by atoms with Crippen LogP contribution in [0.4, 0.5) is 0 Å². The molecule has 1 aromatic rings. The lowest BCUT2D eigenvalue weighted by Crippen LogP contribution is -1.89. The maximum Gasteiger partial charge on any atom is 0.101 e. The summed E-state index contributed by atoms with van der Waals surface area (Å²) in [5, 5.41) is 8.80. The molecule has 0 aliphatic carbocycles. The largest absolute Gasteiger partial charge is 0.192 e. The van der Waals surface area contributed by atoms with Crippen molar-refractivity contribution in [3.05, 3.63) is 32.2 Å². The van der Waals surface area contributed by atoms with E-state index >= 15 is 0 Å². The molecule has 0 aliphatic rings. The maximum absolute atomic E-state index is 8.80. The standard InChI is InChI=1S/C8H4Br2ClN/c9-7-1-2-8(10)6(4-12)5(7)3-11/h1-2H,3H2. The van der Waals surface area contributed by atoms with E-state index in [9.17, 15) is 0 Å². The van der Waals surface area contributed by atoms with Gasteiger partial charge >= 0.3 is 0 Å². The summed E-state index contributed by atoms with van der Waals surface area (Å²) < 4.78 is 1.65. The van der Waals surface area contributed by atoms with Gasteiger partial charge in [-0.25, -0.2) is 0 Å². The van der Waals surface area contributed by atoms with Crippen molar-refractivity contribution in [1.82, 2.24) is 0 Å². The number of alkyl halides is 1. The second-order valence-electron chi connectivity index (χ2n) is 2.13. The molecule has 12 heavy (non-hydrogen) atoms. The molecule has 4 heteroatoms. The summed E-state index contributed by atoms with van der Waals surface area (Å²) in [6.45, 7) is 0. The van der Waals surface area contributed by atoms with Crippen LogP contribution in [-0.2, 0) is 5.88 Å². The summed E-state index contributed by atoms with van der Waals surface area (Å²) in [7, 11) is 0. The zero-order chi connectivity index (χ0) is 9.14. The number of nitrogens with zero attached hydrogens (tertiary/aromatic N) is 1. The summed E-state index contributed by atoms with van der Waals surface area (Å²) in [6, 6.07) is 5.78. The van der Waals surface area contributed by atoms with E-state index in [-0.39, 0.29) is 0 Å². The highest BCUT2D eigenvalue weighted by molar-refractivity contribution is 9.11. The number of halogens is 3. The maximum atomic E-state index is 8.80. The molecule has 0 unspecified atom stereocenters. The first kappa shape index (κ1) is 10.0. The molecule has 0 saturated heterocycles. The van der Waals surface area contributed by atoms with Crippen LogP contribution >= 0.6 is 43.5 Å². The quantitative estimate of drug-likeness (QED) is 0.723. The lowest BCUT2D eigenvalue weighted by Gasteiger charge is -2.03. The van der Waals surface area contributed by atoms with Crippen LogP contribution in [0.3, 0.4) is 0 Å². The smallest absolute Gasteiger partial charge is 0.101 e. The normalized spacial score (nSPS) is 9.50. The Morgan fingerprint density at radius 3 is 2.33 bits per heavy atom. The Labute approximate surface area is 92.6 Å². The predicted molar refractivity (Wildman–Crippen MR) is 56.1 cm³/mol. The van der Waals surface area contributed by atoms with Crippen LogP contribution in [0, 0.1) is 11.3 Å². The van der Waals surface area contributed by atoms with E-state index in [1.54, 1.807) is 0 Å². The van der Waals surface area contributed by atoms with Crippen molar-refractivity contribution < 1.29 is 0 Å². The first-order chi connectivity index (χ1) is 5.70. The van der Waals surface area contributed by atoms with Crippen LogP contribution in [0.2, 0.25) is 0 Å². The summed E-state index contributed by atoms with van der Waals surface area (Å²) in [5.41, 5.74) is 1.42. The van der Waals surface area contributed by atoms with E-state index < -0.39 is 0 Å². The molecule has 0 amide bonds. The van der Waals surface area contributed by atoms with Crippen molar-refractivity contribution in [2.45, 2.75) is 5.88 Å². The minimum Gasteiger partial charge on any atom is -0.192 e. The van der Waals surface area contributed by atoms with Gasteiger partial charge < -0.3 is 0 Å². The average Bonchev–Trinajstić information content (AvgIpc) is 2.08. The van der Waals surface area contributed by atoms with E-state index in [1.165, 1.54) is 0 Å². The van der Waals surface area contributed by atoms with Gasteiger partial charge in [0.25, 0.3) is 0 Å². The fraction of sp³-hybridized carbons (Fsp3) is 0.125. The molecule has 0 aliphatic heterocycles. The third-order valence-electron chi connectivity index (χ3n) is 1.45. The number of benzene rings is 1. The second kappa shape index (κ2) is 4.27. The molecule has 1 aromatic carbocycles. The number of rotatable bonds is 1. The molecule has 0 atom stereocenters. The van der Waals surface area contributed by atoms with E-state index in [2.05, 4.69) is 37.9 Å². The Morgan fingerprint density at radius 2 is 1.92 bits per heavy atom. The average molecular weight is 309 g/mol. The minimum atomic E-state index is 0.336. The molecule has 0 N–H and O–H groups in total. The summed E-state index contributed by atoms with van der Waals surface area (Å²) in [5.74, 6) is 0.336.